The maximum atomic E-state index is 15.5. The van der Waals surface area contributed by atoms with Gasteiger partial charge in [-0.25, -0.2) is 9.67 Å². The van der Waals surface area contributed by atoms with E-state index in [2.05, 4.69) is 52.4 Å². The Morgan fingerprint density at radius 1 is 1.13 bits per heavy atom. The Kier molecular flexibility index (Phi) is 12.0. The summed E-state index contributed by atoms with van der Waals surface area (Å²) in [6.07, 6.45) is 7.18. The molecular formula is C32H48FN7O3SSi. The number of hydrogen-bond acceptors (Lipinski definition) is 7. The molecule has 3 aromatic heterocycles. The monoisotopic (exact) mass is 657 g/mol. The molecule has 4 rings (SSSR count). The molecule has 10 nitrogen and oxygen atoms in total. The van der Waals surface area contributed by atoms with Gasteiger partial charge in [-0.2, -0.15) is 26.3 Å². The van der Waals surface area contributed by atoms with E-state index in [0.717, 1.165) is 43.2 Å². The van der Waals surface area contributed by atoms with E-state index in [9.17, 15) is 9.59 Å². The third kappa shape index (κ3) is 9.26. The quantitative estimate of drug-likeness (QED) is 0.122. The second kappa shape index (κ2) is 15.5. The van der Waals surface area contributed by atoms with Gasteiger partial charge < -0.3 is 15.4 Å². The van der Waals surface area contributed by atoms with Crippen LogP contribution in [0.3, 0.4) is 0 Å². The van der Waals surface area contributed by atoms with Crippen molar-refractivity contribution in [3.63, 3.8) is 0 Å². The zero-order chi connectivity index (χ0) is 32.7. The van der Waals surface area contributed by atoms with Crippen molar-refractivity contribution in [2.45, 2.75) is 91.5 Å². The fourth-order valence-electron chi connectivity index (χ4n) is 5.75. The number of carbonyl (C=O) groups excluding carboxylic acids is 2. The van der Waals surface area contributed by atoms with Crippen LogP contribution in [-0.2, 0) is 22.8 Å². The number of aromatic nitrogens is 5. The normalized spacial score (nSPS) is 17.7. The first-order chi connectivity index (χ1) is 21.4. The molecule has 1 aliphatic rings. The lowest BCUT2D eigenvalue weighted by atomic mass is 9.79. The van der Waals surface area contributed by atoms with Crippen LogP contribution in [0.15, 0.2) is 24.4 Å². The van der Waals surface area contributed by atoms with Crippen LogP contribution in [0, 0.1) is 31.6 Å². The van der Waals surface area contributed by atoms with Gasteiger partial charge in [0.1, 0.15) is 24.3 Å². The van der Waals surface area contributed by atoms with E-state index < -0.39 is 26.0 Å². The van der Waals surface area contributed by atoms with Gasteiger partial charge in [-0.15, -0.1) is 0 Å². The molecule has 0 aliphatic heterocycles. The SMILES string of the molecule is CSCCn1nccc1C(=O)N[C@H](C(=O)Nc1ccc(-c2c(C)nn(COCC[Si](C)(C)C)c2C)c(F)n1)[C@H]1CC[C@H](C)CC1. The Balaban J connectivity index is 1.49. The molecule has 0 spiro atoms. The molecule has 0 aromatic carbocycles. The zero-order valence-corrected chi connectivity index (χ0v) is 29.5. The largest absolute Gasteiger partial charge is 0.360 e. The van der Waals surface area contributed by atoms with E-state index in [4.69, 9.17) is 4.74 Å². The Labute approximate surface area is 271 Å². The van der Waals surface area contributed by atoms with Gasteiger partial charge in [-0.1, -0.05) is 39.4 Å². The number of ether oxygens (including phenoxy) is 1. The molecule has 1 atom stereocenters. The number of thioether (sulfide) groups is 1. The Hall–Kier alpha value is -3.03. The van der Waals surface area contributed by atoms with Crippen molar-refractivity contribution in [2.75, 3.05) is 23.9 Å². The number of halogens is 1. The molecule has 1 saturated carbocycles. The second-order valence-electron chi connectivity index (χ2n) is 13.3. The molecule has 0 saturated heterocycles. The smallest absolute Gasteiger partial charge is 0.270 e. The fourth-order valence-corrected chi connectivity index (χ4v) is 6.86. The Morgan fingerprint density at radius 3 is 2.53 bits per heavy atom. The molecule has 3 heterocycles. The first-order valence-electron chi connectivity index (χ1n) is 15.8. The fraction of sp³-hybridized carbons (Fsp3) is 0.594. The summed E-state index contributed by atoms with van der Waals surface area (Å²) in [6.45, 7) is 14.4. The van der Waals surface area contributed by atoms with Crippen LogP contribution in [-0.4, -0.2) is 69.1 Å². The predicted octanol–water partition coefficient (Wildman–Crippen LogP) is 6.14. The van der Waals surface area contributed by atoms with E-state index in [1.165, 1.54) is 0 Å². The number of carbonyl (C=O) groups is 2. The molecule has 0 bridgehead atoms. The van der Waals surface area contributed by atoms with Crippen LogP contribution >= 0.6 is 11.8 Å². The summed E-state index contributed by atoms with van der Waals surface area (Å²) in [7, 11) is -1.21. The average Bonchev–Trinajstić information content (AvgIpc) is 3.56. The molecule has 2 amide bonds. The molecule has 13 heteroatoms. The van der Waals surface area contributed by atoms with Crippen molar-refractivity contribution < 1.29 is 18.7 Å². The van der Waals surface area contributed by atoms with Gasteiger partial charge in [0.2, 0.25) is 11.9 Å². The summed E-state index contributed by atoms with van der Waals surface area (Å²) >= 11 is 1.67. The first-order valence-corrected chi connectivity index (χ1v) is 20.9. The number of aryl methyl sites for hydroxylation is 2. The van der Waals surface area contributed by atoms with Crippen molar-refractivity contribution in [3.05, 3.63) is 47.4 Å². The van der Waals surface area contributed by atoms with E-state index in [1.54, 1.807) is 45.5 Å². The average molecular weight is 658 g/mol. The maximum absolute atomic E-state index is 15.5. The van der Waals surface area contributed by atoms with Crippen molar-refractivity contribution in [2.24, 2.45) is 11.8 Å². The molecule has 246 valence electrons. The highest BCUT2D eigenvalue weighted by Crippen LogP contribution is 2.32. The number of nitrogens with one attached hydrogen (secondary N) is 2. The molecule has 3 aromatic rings. The highest BCUT2D eigenvalue weighted by atomic mass is 32.2. The molecule has 1 aliphatic carbocycles. The Bertz CT molecular complexity index is 1460. The summed E-state index contributed by atoms with van der Waals surface area (Å²) < 4.78 is 24.8. The van der Waals surface area contributed by atoms with E-state index >= 15 is 4.39 Å². The van der Waals surface area contributed by atoms with Gasteiger partial charge in [-0.05, 0) is 69.0 Å². The van der Waals surface area contributed by atoms with E-state index in [1.807, 2.05) is 20.1 Å². The molecule has 2 N–H and O–H groups in total. The summed E-state index contributed by atoms with van der Waals surface area (Å²) in [4.78, 5) is 31.2. The summed E-state index contributed by atoms with van der Waals surface area (Å²) in [6, 6.07) is 5.14. The standard InChI is InChI=1S/C32H48FN7O3SSi/c1-21-8-10-24(11-9-21)29(37-31(41)26-14-15-34-39(26)16-18-44-4)32(42)36-27-13-12-25(30(33)35-27)28-22(2)38-40(23(28)3)20-43-17-19-45(5,6)7/h12-15,21,24,29H,8-11,16-20H2,1-7H3,(H,37,41)(H,35,36,42)/t21-,24-,29-/m0/s1. The molecule has 0 radical (unpaired) electrons. The number of anilines is 1. The zero-order valence-electron chi connectivity index (χ0n) is 27.7. The van der Waals surface area contributed by atoms with Crippen LogP contribution in [0.1, 0.15) is 54.5 Å². The predicted molar refractivity (Wildman–Crippen MR) is 181 cm³/mol. The van der Waals surface area contributed by atoms with Crippen molar-refractivity contribution in [1.29, 1.82) is 0 Å². The van der Waals surface area contributed by atoms with E-state index in [-0.39, 0.29) is 17.6 Å². The Morgan fingerprint density at radius 2 is 1.87 bits per heavy atom. The van der Waals surface area contributed by atoms with Gasteiger partial charge in [0.15, 0.2) is 0 Å². The lowest BCUT2D eigenvalue weighted by molar-refractivity contribution is -0.119. The van der Waals surface area contributed by atoms with Crippen molar-refractivity contribution in [1.82, 2.24) is 29.9 Å². The number of pyridine rings is 1. The van der Waals surface area contributed by atoms with E-state index in [0.29, 0.717) is 48.3 Å². The molecule has 45 heavy (non-hydrogen) atoms. The van der Waals surface area contributed by atoms with Crippen molar-refractivity contribution in [3.8, 4) is 11.1 Å². The topological polar surface area (TPSA) is 116 Å². The summed E-state index contributed by atoms with van der Waals surface area (Å²) in [5.41, 5.74) is 2.83. The summed E-state index contributed by atoms with van der Waals surface area (Å²) in [5, 5.41) is 14.6. The lowest BCUT2D eigenvalue weighted by Crippen LogP contribution is -2.49. The van der Waals surface area contributed by atoms with Crippen molar-refractivity contribution >= 4 is 37.5 Å². The minimum Gasteiger partial charge on any atom is -0.360 e. The minimum atomic E-state index is -1.21. The molecule has 0 unspecified atom stereocenters. The van der Waals surface area contributed by atoms with Crippen LogP contribution in [0.2, 0.25) is 25.7 Å². The van der Waals surface area contributed by atoms with Gasteiger partial charge in [0, 0.05) is 43.5 Å². The first kappa shape index (κ1) is 34.8. The number of rotatable bonds is 14. The summed E-state index contributed by atoms with van der Waals surface area (Å²) in [5.74, 6) is -0.0325. The third-order valence-electron chi connectivity index (χ3n) is 8.52. The number of nitrogens with zero attached hydrogens (tertiary/aromatic N) is 5. The van der Waals surface area contributed by atoms with Gasteiger partial charge in [0.05, 0.1) is 12.2 Å². The number of hydrogen-bond donors (Lipinski definition) is 2. The van der Waals surface area contributed by atoms with Crippen LogP contribution in [0.25, 0.3) is 11.1 Å². The minimum absolute atomic E-state index is 0.0408. The highest BCUT2D eigenvalue weighted by Gasteiger charge is 2.33. The third-order valence-corrected chi connectivity index (χ3v) is 10.8. The highest BCUT2D eigenvalue weighted by molar-refractivity contribution is 7.98. The maximum Gasteiger partial charge on any atom is 0.270 e. The molecule has 1 fully saturated rings. The number of amides is 2. The lowest BCUT2D eigenvalue weighted by Gasteiger charge is -2.32. The van der Waals surface area contributed by atoms with Crippen LogP contribution in [0.4, 0.5) is 10.2 Å². The second-order valence-corrected chi connectivity index (χ2v) is 19.9. The van der Waals surface area contributed by atoms with Crippen LogP contribution in [0.5, 0.6) is 0 Å². The molecular weight excluding hydrogens is 610 g/mol. The van der Waals surface area contributed by atoms with Crippen LogP contribution < -0.4 is 10.6 Å². The van der Waals surface area contributed by atoms with Gasteiger partial charge in [-0.3, -0.25) is 14.3 Å². The van der Waals surface area contributed by atoms with Gasteiger partial charge in [0.25, 0.3) is 5.91 Å². The van der Waals surface area contributed by atoms with Gasteiger partial charge >= 0.3 is 0 Å².